The molecule has 0 unspecified atom stereocenters. The Morgan fingerprint density at radius 3 is 2.18 bits per heavy atom. The number of carbonyl (C=O) groups is 1. The number of hydrogen-bond donors (Lipinski definition) is 0. The van der Waals surface area contributed by atoms with E-state index in [9.17, 15) is 19.7 Å². The van der Waals surface area contributed by atoms with Gasteiger partial charge in [-0.3, -0.25) is 19.2 Å². The summed E-state index contributed by atoms with van der Waals surface area (Å²) in [4.78, 5) is 41.4. The molecule has 1 amide bonds. The van der Waals surface area contributed by atoms with E-state index in [4.69, 9.17) is 36.7 Å². The number of aromatic nitrogens is 2. The summed E-state index contributed by atoms with van der Waals surface area (Å²) in [6, 6.07) is 7.53. The van der Waals surface area contributed by atoms with Crippen LogP contribution in [0.5, 0.6) is 0 Å². The maximum Gasteiger partial charge on any atom is 0.435 e. The monoisotopic (exact) mass is 806 g/mol. The van der Waals surface area contributed by atoms with Crippen molar-refractivity contribution in [2.24, 2.45) is 12.0 Å². The van der Waals surface area contributed by atoms with E-state index in [0.717, 1.165) is 5.56 Å². The molecule has 2 aromatic rings. The summed E-state index contributed by atoms with van der Waals surface area (Å²) < 4.78 is 55.3. The van der Waals surface area contributed by atoms with Crippen molar-refractivity contribution in [3.05, 3.63) is 68.2 Å². The number of ether oxygens (including phenoxy) is 5. The van der Waals surface area contributed by atoms with Gasteiger partial charge in [0, 0.05) is 51.7 Å². The van der Waals surface area contributed by atoms with Gasteiger partial charge in [-0.1, -0.05) is 67.5 Å². The fourth-order valence-electron chi connectivity index (χ4n) is 7.84. The van der Waals surface area contributed by atoms with Gasteiger partial charge in [-0.15, -0.1) is 0 Å². The summed E-state index contributed by atoms with van der Waals surface area (Å²) in [7, 11) is -2.87. The third kappa shape index (κ3) is 8.92. The van der Waals surface area contributed by atoms with Crippen molar-refractivity contribution < 1.29 is 46.4 Å². The number of nitrogens with zero attached hydrogens (tertiary/aromatic N) is 4. The zero-order valence-corrected chi connectivity index (χ0v) is 35.7. The lowest BCUT2D eigenvalue weighted by atomic mass is 10.1. The van der Waals surface area contributed by atoms with Crippen molar-refractivity contribution in [3.8, 4) is 0 Å². The zero-order chi connectivity index (χ0) is 40.3. The summed E-state index contributed by atoms with van der Waals surface area (Å²) >= 11 is 0. The number of hydrogen-bond acceptors (Lipinski definition) is 12. The Bertz CT molecular complexity index is 1760. The lowest BCUT2D eigenvalue weighted by Gasteiger charge is -2.51. The lowest BCUT2D eigenvalue weighted by Crippen LogP contribution is -2.66. The van der Waals surface area contributed by atoms with E-state index in [0.29, 0.717) is 32.5 Å². The van der Waals surface area contributed by atoms with Gasteiger partial charge in [0.15, 0.2) is 12.0 Å². The Hall–Kier alpha value is -3.08. The predicted octanol–water partition coefficient (Wildman–Crippen LogP) is 5.77. The van der Waals surface area contributed by atoms with Crippen molar-refractivity contribution in [1.82, 2.24) is 9.13 Å². The van der Waals surface area contributed by atoms with E-state index in [1.54, 1.807) is 19.2 Å². The summed E-state index contributed by atoms with van der Waals surface area (Å²) in [5.74, 6) is -1.01. The number of non-ortho nitro benzene ring substituents is 1. The number of rotatable bonds is 12. The van der Waals surface area contributed by atoms with Crippen molar-refractivity contribution >= 4 is 28.9 Å². The number of carbonyl (C=O) groups excluding carboxylic acids is 1. The topological polar surface area (TPSA) is 173 Å². The third-order valence-electron chi connectivity index (χ3n) is 11.1. The van der Waals surface area contributed by atoms with E-state index in [1.165, 1.54) is 40.6 Å². The normalized spacial score (nSPS) is 25.2. The molecule has 3 aliphatic heterocycles. The van der Waals surface area contributed by atoms with Gasteiger partial charge >= 0.3 is 28.9 Å². The molecular formula is C37H58N4O12Si2. The third-order valence-corrected chi connectivity index (χ3v) is 21.3. The summed E-state index contributed by atoms with van der Waals surface area (Å²) in [6.07, 6.45) is -1.14. The quantitative estimate of drug-likeness (QED) is 0.110. The molecule has 5 rings (SSSR count). The SMILES string of the molecule is COC1(O[C@@H]2[C@@H]3O[Si](C(C)C)(C(C)C)O[Si](C(C)C)(C(C)C)OC[C@H]3O[C@H]2n2cc/c(=N/C(=O)OCCc3ccc([N+](=O)[O-])cc3)n(C)c2=O)CCOCC1. The van der Waals surface area contributed by atoms with Crippen molar-refractivity contribution in [2.75, 3.05) is 33.5 Å². The lowest BCUT2D eigenvalue weighted by molar-refractivity contribution is -0.384. The van der Waals surface area contributed by atoms with Crippen LogP contribution in [-0.4, -0.2) is 94.9 Å². The molecule has 18 heteroatoms. The molecule has 306 valence electrons. The van der Waals surface area contributed by atoms with Crippen LogP contribution < -0.4 is 11.2 Å². The van der Waals surface area contributed by atoms with Crippen LogP contribution in [0, 0.1) is 10.1 Å². The number of methoxy groups -OCH3 is 1. The molecule has 4 atom stereocenters. The van der Waals surface area contributed by atoms with E-state index in [-0.39, 0.29) is 46.6 Å². The summed E-state index contributed by atoms with van der Waals surface area (Å²) in [5, 5.41) is 10.9. The minimum atomic E-state index is -3.11. The first-order valence-electron chi connectivity index (χ1n) is 19.2. The predicted molar refractivity (Wildman–Crippen MR) is 206 cm³/mol. The van der Waals surface area contributed by atoms with E-state index >= 15 is 0 Å². The summed E-state index contributed by atoms with van der Waals surface area (Å²) in [5.41, 5.74) is 0.661. The second kappa shape index (κ2) is 17.6. The van der Waals surface area contributed by atoms with Gasteiger partial charge in [-0.2, -0.15) is 4.99 Å². The van der Waals surface area contributed by atoms with E-state index in [2.05, 4.69) is 60.4 Å². The zero-order valence-electron chi connectivity index (χ0n) is 33.7. The highest BCUT2D eigenvalue weighted by Gasteiger charge is 2.63. The van der Waals surface area contributed by atoms with Gasteiger partial charge < -0.3 is 36.7 Å². The second-order valence-electron chi connectivity index (χ2n) is 15.8. The molecule has 0 N–H and O–H groups in total. The number of amides is 1. The Morgan fingerprint density at radius 1 is 1.00 bits per heavy atom. The van der Waals surface area contributed by atoms with Crippen LogP contribution in [0.2, 0.25) is 22.2 Å². The highest BCUT2D eigenvalue weighted by atomic mass is 28.5. The molecule has 0 saturated carbocycles. The van der Waals surface area contributed by atoms with E-state index in [1.807, 2.05) is 0 Å². The van der Waals surface area contributed by atoms with Gasteiger partial charge in [0.1, 0.15) is 23.8 Å². The molecule has 0 spiro atoms. The second-order valence-corrected chi connectivity index (χ2v) is 24.6. The van der Waals surface area contributed by atoms with Gasteiger partial charge in [-0.25, -0.2) is 9.59 Å². The Balaban J connectivity index is 1.49. The van der Waals surface area contributed by atoms with Crippen LogP contribution in [0.4, 0.5) is 10.5 Å². The molecule has 16 nitrogen and oxygen atoms in total. The first kappa shape index (κ1) is 43.1. The number of nitro benzene ring substituents is 1. The van der Waals surface area contributed by atoms with Crippen molar-refractivity contribution in [3.63, 3.8) is 0 Å². The molecule has 55 heavy (non-hydrogen) atoms. The molecule has 3 aliphatic rings. The maximum atomic E-state index is 14.2. The number of benzene rings is 1. The number of nitro groups is 1. The van der Waals surface area contributed by atoms with Crippen LogP contribution in [0.25, 0.3) is 0 Å². The van der Waals surface area contributed by atoms with Crippen LogP contribution in [0.3, 0.4) is 0 Å². The number of fused-ring (bicyclic) bond motifs is 1. The minimum Gasteiger partial charge on any atom is -0.448 e. The van der Waals surface area contributed by atoms with Crippen molar-refractivity contribution in [1.29, 1.82) is 0 Å². The molecule has 1 aromatic carbocycles. The van der Waals surface area contributed by atoms with Gasteiger partial charge in [-0.05, 0) is 33.8 Å². The van der Waals surface area contributed by atoms with Crippen LogP contribution in [0.1, 0.15) is 80.0 Å². The minimum absolute atomic E-state index is 0.00791. The van der Waals surface area contributed by atoms with Crippen LogP contribution in [-0.2, 0) is 50.1 Å². The highest BCUT2D eigenvalue weighted by molar-refractivity contribution is 6.84. The summed E-state index contributed by atoms with van der Waals surface area (Å²) in [6.45, 7) is 18.3. The molecular weight excluding hydrogens is 749 g/mol. The fourth-order valence-corrected chi connectivity index (χ4v) is 19.0. The average Bonchev–Trinajstić information content (AvgIpc) is 3.45. The maximum absolute atomic E-state index is 14.2. The van der Waals surface area contributed by atoms with Crippen molar-refractivity contribution in [2.45, 2.75) is 127 Å². The first-order chi connectivity index (χ1) is 26.0. The Labute approximate surface area is 324 Å². The van der Waals surface area contributed by atoms with Gasteiger partial charge in [0.05, 0.1) is 31.4 Å². The fraction of sp³-hybridized carbons (Fsp3) is 0.703. The largest absolute Gasteiger partial charge is 0.448 e. The molecule has 0 bridgehead atoms. The molecule has 0 aliphatic carbocycles. The molecule has 3 saturated heterocycles. The average molecular weight is 807 g/mol. The molecule has 3 fully saturated rings. The van der Waals surface area contributed by atoms with Gasteiger partial charge in [0.2, 0.25) is 0 Å². The molecule has 4 heterocycles. The smallest absolute Gasteiger partial charge is 0.435 e. The Kier molecular flexibility index (Phi) is 13.8. The molecule has 0 radical (unpaired) electrons. The van der Waals surface area contributed by atoms with Gasteiger partial charge in [0.25, 0.3) is 5.69 Å². The van der Waals surface area contributed by atoms with Crippen LogP contribution in [0.15, 0.2) is 46.3 Å². The van der Waals surface area contributed by atoms with Crippen LogP contribution >= 0.6 is 0 Å². The first-order valence-corrected chi connectivity index (χ1v) is 23.1. The standard InChI is InChI=1S/C37H58N4O12Si2/c1-24(2)54(25(3)4)49-23-30-32(52-55(53-54,26(5)6)27(7)8)33(51-37(46-10)17-21-47-22-18-37)34(50-30)40-19-15-31(39(9)36(40)43)38-35(42)48-20-16-28-11-13-29(14-12-28)41(44)45/h11-15,19,24-27,30,32-34H,16-18,20-23H2,1-10H3/b38-31-/t30-,32-,33-,34-/m1/s1. The highest BCUT2D eigenvalue weighted by Crippen LogP contribution is 2.49. The molecule has 1 aromatic heterocycles. The Morgan fingerprint density at radius 2 is 1.62 bits per heavy atom. The van der Waals surface area contributed by atoms with E-state index < -0.39 is 64.2 Å².